The molecule has 0 radical (unpaired) electrons. The summed E-state index contributed by atoms with van der Waals surface area (Å²) in [4.78, 5) is 7.43. The van der Waals surface area contributed by atoms with E-state index < -0.39 is 0 Å². The minimum atomic E-state index is 0. The van der Waals surface area contributed by atoms with Crippen molar-refractivity contribution in [3.05, 3.63) is 0 Å². The quantitative estimate of drug-likeness (QED) is 0.398. The predicted molar refractivity (Wildman–Crippen MR) is 113 cm³/mol. The fraction of sp³-hybridized carbons (Fsp3) is 0.947. The van der Waals surface area contributed by atoms with Gasteiger partial charge >= 0.3 is 0 Å². The molecule has 2 atom stereocenters. The van der Waals surface area contributed by atoms with Crippen molar-refractivity contribution in [1.82, 2.24) is 10.2 Å². The Labute approximate surface area is 166 Å². The van der Waals surface area contributed by atoms with Crippen LogP contribution in [0.2, 0.25) is 0 Å². The molecule has 0 aliphatic carbocycles. The molecule has 0 saturated carbocycles. The zero-order valence-electron chi connectivity index (χ0n) is 16.5. The molecule has 1 N–H and O–H groups in total. The van der Waals surface area contributed by atoms with Gasteiger partial charge in [0.2, 0.25) is 0 Å². The molecule has 0 amide bonds. The lowest BCUT2D eigenvalue weighted by Crippen LogP contribution is -2.43. The SMILES string of the molecule is CCNC(=NCC1CCCOC1C(C)(C)C)N1CCC(C)(C)C1.I. The predicted octanol–water partition coefficient (Wildman–Crippen LogP) is 4.14. The maximum Gasteiger partial charge on any atom is 0.193 e. The summed E-state index contributed by atoms with van der Waals surface area (Å²) in [5.74, 6) is 1.63. The number of halogens is 1. The molecule has 0 spiro atoms. The molecular formula is C19H38IN3O. The summed E-state index contributed by atoms with van der Waals surface area (Å²) in [5.41, 5.74) is 0.590. The van der Waals surface area contributed by atoms with Gasteiger partial charge in [-0.25, -0.2) is 0 Å². The Hall–Kier alpha value is -0.0400. The highest BCUT2D eigenvalue weighted by molar-refractivity contribution is 14.0. The summed E-state index contributed by atoms with van der Waals surface area (Å²) >= 11 is 0. The molecule has 4 nitrogen and oxygen atoms in total. The van der Waals surface area contributed by atoms with Crippen molar-refractivity contribution in [2.75, 3.05) is 32.8 Å². The van der Waals surface area contributed by atoms with Crippen LogP contribution in [0.25, 0.3) is 0 Å². The average molecular weight is 451 g/mol. The van der Waals surface area contributed by atoms with Crippen LogP contribution >= 0.6 is 24.0 Å². The van der Waals surface area contributed by atoms with Gasteiger partial charge < -0.3 is 15.0 Å². The molecular weight excluding hydrogens is 413 g/mol. The standard InChI is InChI=1S/C19H37N3O.HI/c1-7-20-17(22-11-10-19(5,6)14-22)21-13-15-9-8-12-23-16(15)18(2,3)4;/h15-16H,7-14H2,1-6H3,(H,20,21);1H. The van der Waals surface area contributed by atoms with Gasteiger partial charge in [-0.2, -0.15) is 0 Å². The van der Waals surface area contributed by atoms with Crippen molar-refractivity contribution in [2.45, 2.75) is 66.9 Å². The van der Waals surface area contributed by atoms with Crippen molar-refractivity contribution in [2.24, 2.45) is 21.7 Å². The molecule has 2 aliphatic heterocycles. The topological polar surface area (TPSA) is 36.9 Å². The van der Waals surface area contributed by atoms with E-state index in [-0.39, 0.29) is 29.4 Å². The van der Waals surface area contributed by atoms with E-state index in [1.54, 1.807) is 0 Å². The van der Waals surface area contributed by atoms with Crippen LogP contribution in [0, 0.1) is 16.7 Å². The largest absolute Gasteiger partial charge is 0.377 e. The highest BCUT2D eigenvalue weighted by atomic mass is 127. The van der Waals surface area contributed by atoms with Crippen LogP contribution in [0.3, 0.4) is 0 Å². The van der Waals surface area contributed by atoms with Gasteiger partial charge in [-0.05, 0) is 37.0 Å². The van der Waals surface area contributed by atoms with E-state index in [0.29, 0.717) is 17.4 Å². The lowest BCUT2D eigenvalue weighted by molar-refractivity contribution is -0.0824. The summed E-state index contributed by atoms with van der Waals surface area (Å²) in [5, 5.41) is 3.49. The molecule has 2 heterocycles. The second-order valence-electron chi connectivity index (χ2n) is 9.09. The molecule has 2 aliphatic rings. The van der Waals surface area contributed by atoms with Crippen LogP contribution in [0.15, 0.2) is 4.99 Å². The first kappa shape index (κ1) is 22.0. The van der Waals surface area contributed by atoms with Crippen molar-refractivity contribution in [1.29, 1.82) is 0 Å². The molecule has 0 aromatic carbocycles. The maximum absolute atomic E-state index is 6.10. The summed E-state index contributed by atoms with van der Waals surface area (Å²) in [6, 6.07) is 0. The Balaban J connectivity index is 0.00000288. The Bertz CT molecular complexity index is 417. The van der Waals surface area contributed by atoms with E-state index in [1.165, 1.54) is 19.3 Å². The molecule has 142 valence electrons. The van der Waals surface area contributed by atoms with Crippen LogP contribution in [0.1, 0.15) is 60.8 Å². The number of likely N-dealkylation sites (tertiary alicyclic amines) is 1. The van der Waals surface area contributed by atoms with Crippen molar-refractivity contribution < 1.29 is 4.74 Å². The first-order valence-electron chi connectivity index (χ1n) is 9.38. The Morgan fingerprint density at radius 3 is 2.58 bits per heavy atom. The zero-order valence-corrected chi connectivity index (χ0v) is 18.9. The van der Waals surface area contributed by atoms with E-state index >= 15 is 0 Å². The van der Waals surface area contributed by atoms with Gasteiger partial charge in [-0.15, -0.1) is 24.0 Å². The second-order valence-corrected chi connectivity index (χ2v) is 9.09. The minimum absolute atomic E-state index is 0. The van der Waals surface area contributed by atoms with Gasteiger partial charge in [0, 0.05) is 38.7 Å². The Morgan fingerprint density at radius 2 is 2.04 bits per heavy atom. The summed E-state index contributed by atoms with van der Waals surface area (Å²) in [6.45, 7) is 18.6. The number of hydrogen-bond acceptors (Lipinski definition) is 2. The van der Waals surface area contributed by atoms with Crippen molar-refractivity contribution in [3.8, 4) is 0 Å². The van der Waals surface area contributed by atoms with Crippen LogP contribution in [-0.2, 0) is 4.74 Å². The lowest BCUT2D eigenvalue weighted by Gasteiger charge is -2.39. The van der Waals surface area contributed by atoms with Gasteiger partial charge in [0.1, 0.15) is 0 Å². The molecule has 0 aromatic heterocycles. The molecule has 0 aromatic rings. The number of rotatable bonds is 3. The number of hydrogen-bond donors (Lipinski definition) is 1. The number of nitrogens with one attached hydrogen (secondary N) is 1. The molecule has 2 unspecified atom stereocenters. The second kappa shape index (κ2) is 9.06. The molecule has 0 bridgehead atoms. The molecule has 2 fully saturated rings. The normalized spacial score (nSPS) is 27.8. The van der Waals surface area contributed by atoms with E-state index in [2.05, 4.69) is 51.8 Å². The van der Waals surface area contributed by atoms with E-state index in [9.17, 15) is 0 Å². The van der Waals surface area contributed by atoms with Crippen LogP contribution in [0.5, 0.6) is 0 Å². The van der Waals surface area contributed by atoms with Crippen LogP contribution < -0.4 is 5.32 Å². The highest BCUT2D eigenvalue weighted by Crippen LogP contribution is 2.34. The Kier molecular flexibility index (Phi) is 8.30. The van der Waals surface area contributed by atoms with Gasteiger partial charge in [0.25, 0.3) is 0 Å². The molecule has 24 heavy (non-hydrogen) atoms. The minimum Gasteiger partial charge on any atom is -0.377 e. The summed E-state index contributed by atoms with van der Waals surface area (Å²) < 4.78 is 6.10. The van der Waals surface area contributed by atoms with Crippen LogP contribution in [-0.4, -0.2) is 49.7 Å². The third kappa shape index (κ3) is 6.04. The maximum atomic E-state index is 6.10. The number of nitrogens with zero attached hydrogens (tertiary/aromatic N) is 2. The highest BCUT2D eigenvalue weighted by Gasteiger charge is 2.36. The first-order valence-corrected chi connectivity index (χ1v) is 9.38. The van der Waals surface area contributed by atoms with Crippen LogP contribution in [0.4, 0.5) is 0 Å². The number of guanidine groups is 1. The first-order chi connectivity index (χ1) is 10.7. The molecule has 2 rings (SSSR count). The van der Waals surface area contributed by atoms with E-state index in [0.717, 1.165) is 38.7 Å². The summed E-state index contributed by atoms with van der Waals surface area (Å²) in [6.07, 6.45) is 3.96. The smallest absolute Gasteiger partial charge is 0.193 e. The lowest BCUT2D eigenvalue weighted by atomic mass is 9.78. The third-order valence-electron chi connectivity index (χ3n) is 5.09. The van der Waals surface area contributed by atoms with E-state index in [4.69, 9.17) is 9.73 Å². The third-order valence-corrected chi connectivity index (χ3v) is 5.09. The molecule has 5 heteroatoms. The van der Waals surface area contributed by atoms with Gasteiger partial charge in [0.15, 0.2) is 5.96 Å². The van der Waals surface area contributed by atoms with Crippen molar-refractivity contribution >= 4 is 29.9 Å². The molecule has 2 saturated heterocycles. The fourth-order valence-electron chi connectivity index (χ4n) is 3.91. The Morgan fingerprint density at radius 1 is 1.33 bits per heavy atom. The van der Waals surface area contributed by atoms with Crippen molar-refractivity contribution in [3.63, 3.8) is 0 Å². The number of aliphatic imine (C=N–C) groups is 1. The summed E-state index contributed by atoms with van der Waals surface area (Å²) in [7, 11) is 0. The number of ether oxygens (including phenoxy) is 1. The zero-order chi connectivity index (χ0) is 17.1. The average Bonchev–Trinajstić information content (AvgIpc) is 2.83. The van der Waals surface area contributed by atoms with E-state index in [1.807, 2.05) is 0 Å². The van der Waals surface area contributed by atoms with Gasteiger partial charge in [-0.1, -0.05) is 34.6 Å². The fourth-order valence-corrected chi connectivity index (χ4v) is 3.91. The van der Waals surface area contributed by atoms with Gasteiger partial charge in [0.05, 0.1) is 6.10 Å². The van der Waals surface area contributed by atoms with Gasteiger partial charge in [-0.3, -0.25) is 4.99 Å². The monoisotopic (exact) mass is 451 g/mol.